The number of anilines is 3. The van der Waals surface area contributed by atoms with Gasteiger partial charge in [0, 0.05) is 30.6 Å². The zero-order chi connectivity index (χ0) is 24.7. The summed E-state index contributed by atoms with van der Waals surface area (Å²) >= 11 is 0. The summed E-state index contributed by atoms with van der Waals surface area (Å²) in [7, 11) is 0. The van der Waals surface area contributed by atoms with Crippen molar-refractivity contribution in [2.24, 2.45) is 5.92 Å². The molecule has 5 rings (SSSR count). The highest BCUT2D eigenvalue weighted by molar-refractivity contribution is 5.80. The summed E-state index contributed by atoms with van der Waals surface area (Å²) in [5, 5.41) is 12.2. The van der Waals surface area contributed by atoms with Crippen LogP contribution < -0.4 is 11.1 Å². The molecular formula is C23H26F3N7O2. The first-order valence-corrected chi connectivity index (χ1v) is 11.7. The molecule has 9 nitrogen and oxygen atoms in total. The number of aliphatic hydroxyl groups is 1. The highest BCUT2D eigenvalue weighted by atomic mass is 19.1. The van der Waals surface area contributed by atoms with Gasteiger partial charge in [-0.2, -0.15) is 4.98 Å². The van der Waals surface area contributed by atoms with Crippen molar-refractivity contribution in [3.63, 3.8) is 0 Å². The summed E-state index contributed by atoms with van der Waals surface area (Å²) in [6.45, 7) is 0.629. The van der Waals surface area contributed by atoms with Gasteiger partial charge in [-0.3, -0.25) is 9.36 Å². The Morgan fingerprint density at radius 2 is 1.83 bits per heavy atom. The van der Waals surface area contributed by atoms with Crippen molar-refractivity contribution >= 4 is 34.7 Å². The number of rotatable bonds is 5. The van der Waals surface area contributed by atoms with Gasteiger partial charge in [-0.05, 0) is 38.5 Å². The molecule has 1 atom stereocenters. The number of imidazole rings is 1. The molecule has 3 aromatic rings. The molecule has 0 unspecified atom stereocenters. The summed E-state index contributed by atoms with van der Waals surface area (Å²) in [6, 6.07) is 0.893. The molecule has 3 heterocycles. The van der Waals surface area contributed by atoms with Crippen LogP contribution in [0.5, 0.6) is 0 Å². The minimum atomic E-state index is -1.09. The second kappa shape index (κ2) is 9.33. The molecule has 1 saturated carbocycles. The predicted molar refractivity (Wildman–Crippen MR) is 122 cm³/mol. The van der Waals surface area contributed by atoms with Crippen LogP contribution in [0.1, 0.15) is 44.6 Å². The first-order chi connectivity index (χ1) is 16.9. The van der Waals surface area contributed by atoms with Crippen LogP contribution in [-0.4, -0.2) is 54.6 Å². The summed E-state index contributed by atoms with van der Waals surface area (Å²) < 4.78 is 43.8. The van der Waals surface area contributed by atoms with Gasteiger partial charge in [0.15, 0.2) is 17.3 Å². The standard InChI is InChI=1S/C23H26F3N7O2/c24-13-8-16(25)19(17(26)9-13)30-23-29-18-10-28-22(27)31-20(18)33(23)14-5-3-12(4-6-14)21(35)32-7-1-2-15(32)11-34/h8-10,12,14-15,34H,1-7,11H2,(H,29,30)(H2,27,28,31)/t12?,14?,15-/m0/s1. The molecule has 2 fully saturated rings. The van der Waals surface area contributed by atoms with E-state index in [1.54, 1.807) is 9.47 Å². The number of carbonyl (C=O) groups is 1. The number of amides is 1. The van der Waals surface area contributed by atoms with Crippen molar-refractivity contribution in [3.8, 4) is 0 Å². The third kappa shape index (κ3) is 4.38. The smallest absolute Gasteiger partial charge is 0.226 e. The Bertz CT molecular complexity index is 1240. The van der Waals surface area contributed by atoms with Gasteiger partial charge >= 0.3 is 0 Å². The lowest BCUT2D eigenvalue weighted by Gasteiger charge is -2.33. The van der Waals surface area contributed by atoms with Crippen LogP contribution in [0.15, 0.2) is 18.3 Å². The summed E-state index contributed by atoms with van der Waals surface area (Å²) in [4.78, 5) is 27.5. The number of nitrogens with one attached hydrogen (secondary N) is 1. The van der Waals surface area contributed by atoms with Gasteiger partial charge < -0.3 is 21.1 Å². The fourth-order valence-electron chi connectivity index (χ4n) is 5.24. The summed E-state index contributed by atoms with van der Waals surface area (Å²) in [6.07, 6.45) is 5.55. The number of fused-ring (bicyclic) bond motifs is 1. The van der Waals surface area contributed by atoms with Gasteiger partial charge in [0.2, 0.25) is 17.8 Å². The molecule has 4 N–H and O–H groups in total. The number of hydrogen-bond acceptors (Lipinski definition) is 7. The van der Waals surface area contributed by atoms with Gasteiger partial charge in [0.1, 0.15) is 17.0 Å². The van der Waals surface area contributed by atoms with E-state index in [4.69, 9.17) is 5.73 Å². The molecule has 0 bridgehead atoms. The Hall–Kier alpha value is -3.41. The first-order valence-electron chi connectivity index (χ1n) is 11.7. The Morgan fingerprint density at radius 1 is 1.11 bits per heavy atom. The van der Waals surface area contributed by atoms with Crippen LogP contribution in [0.25, 0.3) is 11.2 Å². The molecule has 2 aliphatic rings. The Balaban J connectivity index is 1.42. The molecule has 1 amide bonds. The van der Waals surface area contributed by atoms with Gasteiger partial charge in [-0.25, -0.2) is 23.1 Å². The van der Waals surface area contributed by atoms with Crippen LogP contribution in [0.4, 0.5) is 30.8 Å². The zero-order valence-electron chi connectivity index (χ0n) is 18.9. The average molecular weight is 490 g/mol. The number of likely N-dealkylation sites (tertiary alicyclic amines) is 1. The minimum Gasteiger partial charge on any atom is -0.394 e. The summed E-state index contributed by atoms with van der Waals surface area (Å²) in [5.41, 5.74) is 6.04. The molecule has 186 valence electrons. The van der Waals surface area contributed by atoms with Gasteiger partial charge in [0.25, 0.3) is 0 Å². The SMILES string of the molecule is Nc1ncc2nc(Nc3c(F)cc(F)cc3F)n(C3CCC(C(=O)N4CCC[C@H]4CO)CC3)c2n1. The molecule has 12 heteroatoms. The normalized spacial score (nSPS) is 22.6. The van der Waals surface area contributed by atoms with Crippen LogP contribution in [-0.2, 0) is 4.79 Å². The topological polar surface area (TPSA) is 122 Å². The average Bonchev–Trinajstić information content (AvgIpc) is 3.45. The Labute approximate surface area is 199 Å². The largest absolute Gasteiger partial charge is 0.394 e. The third-order valence-corrected chi connectivity index (χ3v) is 6.98. The number of nitrogens with zero attached hydrogens (tertiary/aromatic N) is 5. The molecule has 1 aliphatic heterocycles. The van der Waals surface area contributed by atoms with E-state index in [-0.39, 0.29) is 42.4 Å². The zero-order valence-corrected chi connectivity index (χ0v) is 18.9. The fraction of sp³-hybridized carbons (Fsp3) is 0.478. The first kappa shape index (κ1) is 23.3. The molecular weight excluding hydrogens is 463 g/mol. The lowest BCUT2D eigenvalue weighted by atomic mass is 9.85. The van der Waals surface area contributed by atoms with E-state index in [2.05, 4.69) is 20.3 Å². The number of aliphatic hydroxyl groups excluding tert-OH is 1. The molecule has 1 saturated heterocycles. The van der Waals surface area contributed by atoms with Crippen LogP contribution in [0.2, 0.25) is 0 Å². The Morgan fingerprint density at radius 3 is 2.51 bits per heavy atom. The van der Waals surface area contributed by atoms with E-state index in [0.717, 1.165) is 12.8 Å². The van der Waals surface area contributed by atoms with Crippen molar-refractivity contribution < 1.29 is 23.1 Å². The number of hydrogen-bond donors (Lipinski definition) is 3. The van der Waals surface area contributed by atoms with E-state index >= 15 is 0 Å². The number of carbonyl (C=O) groups excluding carboxylic acids is 1. The van der Waals surface area contributed by atoms with Crippen molar-refractivity contribution in [2.45, 2.75) is 50.6 Å². The maximum Gasteiger partial charge on any atom is 0.226 e. The van der Waals surface area contributed by atoms with Crippen molar-refractivity contribution in [2.75, 3.05) is 24.2 Å². The highest BCUT2D eigenvalue weighted by Gasteiger charge is 2.36. The van der Waals surface area contributed by atoms with E-state index in [9.17, 15) is 23.1 Å². The van der Waals surface area contributed by atoms with E-state index in [1.807, 2.05) is 0 Å². The number of nitrogens with two attached hydrogens (primary N) is 1. The van der Waals surface area contributed by atoms with Crippen molar-refractivity contribution in [3.05, 3.63) is 35.8 Å². The van der Waals surface area contributed by atoms with Crippen LogP contribution >= 0.6 is 0 Å². The van der Waals surface area contributed by atoms with Gasteiger partial charge in [-0.15, -0.1) is 0 Å². The monoisotopic (exact) mass is 489 g/mol. The molecule has 2 aromatic heterocycles. The quantitative estimate of drug-likeness (QED) is 0.503. The number of halogens is 3. The van der Waals surface area contributed by atoms with E-state index < -0.39 is 23.1 Å². The summed E-state index contributed by atoms with van der Waals surface area (Å²) in [5.74, 6) is -3.15. The predicted octanol–water partition coefficient (Wildman–Crippen LogP) is 3.28. The molecule has 0 radical (unpaired) electrons. The maximum atomic E-state index is 14.4. The lowest BCUT2D eigenvalue weighted by Crippen LogP contribution is -2.42. The second-order valence-electron chi connectivity index (χ2n) is 9.13. The highest BCUT2D eigenvalue weighted by Crippen LogP contribution is 2.38. The van der Waals surface area contributed by atoms with Crippen LogP contribution in [0, 0.1) is 23.4 Å². The number of aromatic nitrogens is 4. The molecule has 1 aromatic carbocycles. The molecule has 1 aliphatic carbocycles. The number of nitrogen functional groups attached to an aromatic ring is 1. The Kier molecular flexibility index (Phi) is 6.22. The van der Waals surface area contributed by atoms with Crippen molar-refractivity contribution in [1.29, 1.82) is 0 Å². The number of benzene rings is 1. The van der Waals surface area contributed by atoms with Crippen molar-refractivity contribution in [1.82, 2.24) is 24.4 Å². The fourth-order valence-corrected chi connectivity index (χ4v) is 5.24. The minimum absolute atomic E-state index is 0.0253. The molecule has 0 spiro atoms. The van der Waals surface area contributed by atoms with Gasteiger partial charge in [-0.1, -0.05) is 0 Å². The van der Waals surface area contributed by atoms with Gasteiger partial charge in [0.05, 0.1) is 18.8 Å². The maximum absolute atomic E-state index is 14.4. The van der Waals surface area contributed by atoms with E-state index in [1.165, 1.54) is 6.20 Å². The van der Waals surface area contributed by atoms with E-state index in [0.29, 0.717) is 55.5 Å². The second-order valence-corrected chi connectivity index (χ2v) is 9.13. The third-order valence-electron chi connectivity index (χ3n) is 6.98. The lowest BCUT2D eigenvalue weighted by molar-refractivity contribution is -0.138. The molecule has 35 heavy (non-hydrogen) atoms. The van der Waals surface area contributed by atoms with Crippen LogP contribution in [0.3, 0.4) is 0 Å².